The molecule has 1 aromatic carbocycles. The first-order valence-electron chi connectivity index (χ1n) is 11.8. The lowest BCUT2D eigenvalue weighted by Gasteiger charge is -2.39. The number of hydrogen-bond acceptors (Lipinski definition) is 4. The van der Waals surface area contributed by atoms with Crippen LogP contribution in [-0.4, -0.2) is 42.1 Å². The van der Waals surface area contributed by atoms with Gasteiger partial charge in [-0.1, -0.05) is 13.0 Å². The first-order chi connectivity index (χ1) is 14.6. The molecule has 2 aliphatic heterocycles. The average Bonchev–Trinajstić information content (AvgIpc) is 2.70. The summed E-state index contributed by atoms with van der Waals surface area (Å²) in [5.41, 5.74) is 3.31. The molecular formula is C26H40N2O3. The summed E-state index contributed by atoms with van der Waals surface area (Å²) in [5, 5.41) is 0. The molecule has 5 nitrogen and oxygen atoms in total. The second kappa shape index (κ2) is 9.54. The highest BCUT2D eigenvalue weighted by Gasteiger charge is 2.32. The molecule has 31 heavy (non-hydrogen) atoms. The lowest BCUT2D eigenvalue weighted by atomic mass is 9.85. The molecule has 2 heterocycles. The van der Waals surface area contributed by atoms with Gasteiger partial charge in [-0.05, 0) is 83.9 Å². The summed E-state index contributed by atoms with van der Waals surface area (Å²) in [6.07, 6.45) is 4.99. The number of likely N-dealkylation sites (tertiary alicyclic amines) is 1. The molecule has 5 heteroatoms. The van der Waals surface area contributed by atoms with E-state index in [1.165, 1.54) is 11.1 Å². The van der Waals surface area contributed by atoms with E-state index >= 15 is 0 Å². The van der Waals surface area contributed by atoms with Crippen LogP contribution in [0.2, 0.25) is 0 Å². The summed E-state index contributed by atoms with van der Waals surface area (Å²) in [5.74, 6) is 2.35. The van der Waals surface area contributed by atoms with Crippen molar-refractivity contribution >= 4 is 11.6 Å². The summed E-state index contributed by atoms with van der Waals surface area (Å²) in [6.45, 7) is 18.8. The third-order valence-electron chi connectivity index (χ3n) is 6.28. The predicted octanol–water partition coefficient (Wildman–Crippen LogP) is 5.63. The van der Waals surface area contributed by atoms with Crippen LogP contribution in [0.15, 0.2) is 24.6 Å². The first-order valence-corrected chi connectivity index (χ1v) is 11.8. The number of carbonyl (C=O) groups excluding carboxylic acids is 1. The van der Waals surface area contributed by atoms with Crippen LogP contribution >= 0.6 is 0 Å². The van der Waals surface area contributed by atoms with Gasteiger partial charge in [0.1, 0.15) is 11.4 Å². The third-order valence-corrected chi connectivity index (χ3v) is 6.28. The fourth-order valence-electron chi connectivity index (χ4n) is 4.86. The van der Waals surface area contributed by atoms with Gasteiger partial charge in [-0.25, -0.2) is 0 Å². The minimum atomic E-state index is -0.229. The van der Waals surface area contributed by atoms with Gasteiger partial charge in [-0.2, -0.15) is 0 Å². The van der Waals surface area contributed by atoms with E-state index in [2.05, 4.69) is 58.2 Å². The Kier molecular flexibility index (Phi) is 7.23. The number of rotatable bonds is 6. The molecule has 0 aromatic heterocycles. The van der Waals surface area contributed by atoms with Crippen molar-refractivity contribution in [1.82, 2.24) is 4.90 Å². The molecule has 1 amide bonds. The molecule has 0 N–H and O–H groups in total. The van der Waals surface area contributed by atoms with Crippen LogP contribution in [0.4, 0.5) is 5.69 Å². The molecule has 2 aliphatic rings. The Bertz CT molecular complexity index is 804. The second-order valence-electron chi connectivity index (χ2n) is 9.98. The minimum Gasteiger partial charge on any atom is -0.493 e. The van der Waals surface area contributed by atoms with Crippen LogP contribution in [0, 0.1) is 0 Å². The van der Waals surface area contributed by atoms with Crippen molar-refractivity contribution in [1.29, 1.82) is 0 Å². The fraction of sp³-hybridized carbons (Fsp3) is 0.654. The van der Waals surface area contributed by atoms with Crippen LogP contribution < -0.4 is 9.64 Å². The molecule has 0 aliphatic carbocycles. The van der Waals surface area contributed by atoms with Crippen LogP contribution in [0.5, 0.6) is 5.75 Å². The van der Waals surface area contributed by atoms with Gasteiger partial charge in [0.15, 0.2) is 5.88 Å². The molecule has 172 valence electrons. The Labute approximate surface area is 188 Å². The zero-order chi connectivity index (χ0) is 22.8. The van der Waals surface area contributed by atoms with E-state index in [4.69, 9.17) is 9.47 Å². The Balaban J connectivity index is 1.84. The Morgan fingerprint density at radius 3 is 2.45 bits per heavy atom. The van der Waals surface area contributed by atoms with Crippen LogP contribution in [0.3, 0.4) is 0 Å². The Morgan fingerprint density at radius 2 is 1.87 bits per heavy atom. The van der Waals surface area contributed by atoms with Gasteiger partial charge in [0.25, 0.3) is 0 Å². The fourth-order valence-corrected chi connectivity index (χ4v) is 4.86. The summed E-state index contributed by atoms with van der Waals surface area (Å²) in [6, 6.07) is 4.58. The molecule has 0 radical (unpaired) electrons. The molecule has 0 spiro atoms. The minimum absolute atomic E-state index is 0.105. The van der Waals surface area contributed by atoms with Crippen LogP contribution in [-0.2, 0) is 16.0 Å². The van der Waals surface area contributed by atoms with E-state index in [0.29, 0.717) is 12.5 Å². The van der Waals surface area contributed by atoms with E-state index in [9.17, 15) is 4.79 Å². The maximum absolute atomic E-state index is 12.3. The molecule has 1 fully saturated rings. The van der Waals surface area contributed by atoms with Crippen LogP contribution in [0.25, 0.3) is 0 Å². The van der Waals surface area contributed by atoms with Crippen molar-refractivity contribution in [3.63, 3.8) is 0 Å². The van der Waals surface area contributed by atoms with E-state index in [-0.39, 0.29) is 17.6 Å². The lowest BCUT2D eigenvalue weighted by Crippen LogP contribution is -2.41. The van der Waals surface area contributed by atoms with Crippen molar-refractivity contribution in [2.24, 2.45) is 0 Å². The SMILES string of the molecule is C=C(OC(C)(C)C)N1CCC(c2ccc3c(c2OCCC)CC[C@H](C)N3C(C)=O)CC1. The largest absolute Gasteiger partial charge is 0.493 e. The normalized spacial score (nSPS) is 19.7. The zero-order valence-electron chi connectivity index (χ0n) is 20.3. The molecular weight excluding hydrogens is 388 g/mol. The quantitative estimate of drug-likeness (QED) is 0.551. The van der Waals surface area contributed by atoms with Crippen molar-refractivity contribution < 1.29 is 14.3 Å². The number of piperidine rings is 1. The Morgan fingerprint density at radius 1 is 1.19 bits per heavy atom. The number of benzene rings is 1. The summed E-state index contributed by atoms with van der Waals surface area (Å²) in [4.78, 5) is 16.5. The monoisotopic (exact) mass is 428 g/mol. The molecule has 0 saturated carbocycles. The second-order valence-corrected chi connectivity index (χ2v) is 9.98. The number of hydrogen-bond donors (Lipinski definition) is 0. The Hall–Kier alpha value is -2.17. The van der Waals surface area contributed by atoms with Gasteiger partial charge in [0, 0.05) is 31.6 Å². The average molecular weight is 429 g/mol. The topological polar surface area (TPSA) is 42.0 Å². The van der Waals surface area contributed by atoms with Crippen molar-refractivity contribution in [2.75, 3.05) is 24.6 Å². The number of fused-ring (bicyclic) bond motifs is 1. The number of amides is 1. The summed E-state index contributed by atoms with van der Waals surface area (Å²) >= 11 is 0. The summed E-state index contributed by atoms with van der Waals surface area (Å²) in [7, 11) is 0. The van der Waals surface area contributed by atoms with E-state index in [1.54, 1.807) is 6.92 Å². The number of ether oxygens (including phenoxy) is 2. The van der Waals surface area contributed by atoms with Gasteiger partial charge in [-0.3, -0.25) is 4.79 Å². The van der Waals surface area contributed by atoms with Gasteiger partial charge >= 0.3 is 0 Å². The smallest absolute Gasteiger partial charge is 0.224 e. The zero-order valence-corrected chi connectivity index (χ0v) is 20.3. The molecule has 1 aromatic rings. The van der Waals surface area contributed by atoms with Crippen molar-refractivity contribution in [3.05, 3.63) is 35.7 Å². The van der Waals surface area contributed by atoms with Gasteiger partial charge in [0.05, 0.1) is 12.3 Å². The van der Waals surface area contributed by atoms with E-state index in [1.807, 2.05) is 4.90 Å². The van der Waals surface area contributed by atoms with Gasteiger partial charge < -0.3 is 19.3 Å². The van der Waals surface area contributed by atoms with Gasteiger partial charge in [0.2, 0.25) is 5.91 Å². The highest BCUT2D eigenvalue weighted by atomic mass is 16.5. The molecule has 1 atom stereocenters. The van der Waals surface area contributed by atoms with Crippen molar-refractivity contribution in [3.8, 4) is 5.75 Å². The maximum atomic E-state index is 12.3. The molecule has 1 saturated heterocycles. The molecule has 0 bridgehead atoms. The van der Waals surface area contributed by atoms with Gasteiger partial charge in [-0.15, -0.1) is 0 Å². The van der Waals surface area contributed by atoms with E-state index in [0.717, 1.165) is 62.5 Å². The number of anilines is 1. The predicted molar refractivity (Wildman–Crippen MR) is 127 cm³/mol. The standard InChI is InChI=1S/C26H40N2O3/c1-8-17-30-25-22(11-12-24-23(25)10-9-18(2)28(24)19(3)29)21-13-15-27(16-14-21)20(4)31-26(5,6)7/h11-12,18,21H,4,8-10,13-17H2,1-3,5-7H3/t18-/m0/s1. The number of nitrogens with zero attached hydrogens (tertiary/aromatic N) is 2. The third kappa shape index (κ3) is 5.36. The van der Waals surface area contributed by atoms with Crippen LogP contribution in [0.1, 0.15) is 84.3 Å². The van der Waals surface area contributed by atoms with Crippen molar-refractivity contribution in [2.45, 2.75) is 91.2 Å². The number of carbonyl (C=O) groups is 1. The summed E-state index contributed by atoms with van der Waals surface area (Å²) < 4.78 is 12.3. The van der Waals surface area contributed by atoms with E-state index < -0.39 is 0 Å². The first kappa shape index (κ1) is 23.5. The molecule has 0 unspecified atom stereocenters. The highest BCUT2D eigenvalue weighted by Crippen LogP contribution is 2.44. The lowest BCUT2D eigenvalue weighted by molar-refractivity contribution is -0.117. The molecule has 3 rings (SSSR count). The maximum Gasteiger partial charge on any atom is 0.224 e. The highest BCUT2D eigenvalue weighted by molar-refractivity contribution is 5.94.